The largest absolute Gasteiger partial charge is 0.416 e. The molecule has 2 aromatic carbocycles. The average Bonchev–Trinajstić information content (AvgIpc) is 3.40. The molecule has 4 aromatic rings. The third-order valence-corrected chi connectivity index (χ3v) is 5.22. The van der Waals surface area contributed by atoms with E-state index in [0.717, 1.165) is 41.3 Å². The van der Waals surface area contributed by atoms with Crippen molar-refractivity contribution in [2.45, 2.75) is 19.0 Å². The number of nitrogens with one attached hydrogen (secondary N) is 1. The van der Waals surface area contributed by atoms with E-state index in [2.05, 4.69) is 10.4 Å². The summed E-state index contributed by atoms with van der Waals surface area (Å²) in [5.74, 6) is 0.120. The van der Waals surface area contributed by atoms with Crippen LogP contribution in [0.4, 0.5) is 18.9 Å². The highest BCUT2D eigenvalue weighted by Crippen LogP contribution is 2.35. The lowest BCUT2D eigenvalue weighted by atomic mass is 10.2. The van der Waals surface area contributed by atoms with Gasteiger partial charge in [-0.3, -0.25) is 14.0 Å². The van der Waals surface area contributed by atoms with E-state index in [1.54, 1.807) is 11.7 Å². The summed E-state index contributed by atoms with van der Waals surface area (Å²) in [5, 5.41) is 9.18. The monoisotopic (exact) mass is 398 g/mol. The maximum absolute atomic E-state index is 12.9. The lowest BCUT2D eigenvalue weighted by Crippen LogP contribution is -2.13. The molecule has 148 valence electrons. The first-order chi connectivity index (χ1) is 13.8. The van der Waals surface area contributed by atoms with Crippen LogP contribution in [0.1, 0.15) is 18.4 Å². The molecule has 0 saturated heterocycles. The van der Waals surface area contributed by atoms with Gasteiger partial charge in [-0.1, -0.05) is 0 Å². The van der Waals surface area contributed by atoms with Gasteiger partial charge >= 0.3 is 6.18 Å². The minimum absolute atomic E-state index is 0.0222. The molecular formula is C21H17F3N4O. The van der Waals surface area contributed by atoms with Crippen molar-refractivity contribution in [1.29, 1.82) is 0 Å². The summed E-state index contributed by atoms with van der Waals surface area (Å²) >= 11 is 0. The van der Waals surface area contributed by atoms with E-state index in [9.17, 15) is 18.0 Å². The fourth-order valence-electron chi connectivity index (χ4n) is 3.62. The molecule has 2 heterocycles. The van der Waals surface area contributed by atoms with Gasteiger partial charge in [-0.15, -0.1) is 0 Å². The first kappa shape index (κ1) is 17.8. The molecule has 0 unspecified atom stereocenters. The van der Waals surface area contributed by atoms with Crippen molar-refractivity contribution in [1.82, 2.24) is 14.3 Å². The van der Waals surface area contributed by atoms with Crippen molar-refractivity contribution in [2.24, 2.45) is 13.0 Å². The summed E-state index contributed by atoms with van der Waals surface area (Å²) < 4.78 is 42.3. The number of benzene rings is 2. The molecule has 5 nitrogen and oxygen atoms in total. The molecule has 1 fully saturated rings. The van der Waals surface area contributed by atoms with Crippen LogP contribution in [0.15, 0.2) is 48.7 Å². The van der Waals surface area contributed by atoms with Crippen LogP contribution in [-0.2, 0) is 18.0 Å². The molecule has 2 aromatic heterocycles. The van der Waals surface area contributed by atoms with Crippen molar-refractivity contribution in [3.8, 4) is 5.69 Å². The Balaban J connectivity index is 1.64. The number of aryl methyl sites for hydroxylation is 1. The number of fused-ring (bicyclic) bond motifs is 3. The van der Waals surface area contributed by atoms with Crippen LogP contribution in [0.5, 0.6) is 0 Å². The summed E-state index contributed by atoms with van der Waals surface area (Å²) in [6.45, 7) is 0. The molecule has 1 saturated carbocycles. The van der Waals surface area contributed by atoms with Crippen molar-refractivity contribution in [3.05, 3.63) is 54.2 Å². The molecule has 0 spiro atoms. The van der Waals surface area contributed by atoms with Gasteiger partial charge in [-0.05, 0) is 55.3 Å². The van der Waals surface area contributed by atoms with E-state index in [0.29, 0.717) is 17.0 Å². The summed E-state index contributed by atoms with van der Waals surface area (Å²) in [7, 11) is 1.79. The van der Waals surface area contributed by atoms with E-state index in [1.165, 1.54) is 12.1 Å². The maximum Gasteiger partial charge on any atom is 0.416 e. The highest BCUT2D eigenvalue weighted by atomic mass is 19.4. The molecule has 0 aliphatic heterocycles. The van der Waals surface area contributed by atoms with Crippen LogP contribution in [0.2, 0.25) is 0 Å². The van der Waals surface area contributed by atoms with E-state index >= 15 is 0 Å². The van der Waals surface area contributed by atoms with Gasteiger partial charge in [0, 0.05) is 41.3 Å². The van der Waals surface area contributed by atoms with E-state index < -0.39 is 11.7 Å². The standard InChI is InChI=1S/C21H17F3N4O/c1-27-11-17-16-10-14(25-20(29)12-2-3-12)6-9-18(16)28(19(17)26-27)15-7-4-13(5-8-15)21(22,23)24/h4-12H,2-3H2,1H3,(H,25,29). The van der Waals surface area contributed by atoms with Crippen molar-refractivity contribution in [2.75, 3.05) is 5.32 Å². The minimum Gasteiger partial charge on any atom is -0.326 e. The molecule has 5 rings (SSSR count). The first-order valence-electron chi connectivity index (χ1n) is 9.27. The van der Waals surface area contributed by atoms with E-state index in [-0.39, 0.29) is 11.8 Å². The highest BCUT2D eigenvalue weighted by molar-refractivity contribution is 6.09. The molecule has 0 bridgehead atoms. The number of carbonyl (C=O) groups excluding carboxylic acids is 1. The molecule has 1 amide bonds. The summed E-state index contributed by atoms with van der Waals surface area (Å²) in [6.07, 6.45) is -0.673. The molecule has 1 aliphatic carbocycles. The van der Waals surface area contributed by atoms with Crippen LogP contribution in [0.3, 0.4) is 0 Å². The zero-order valence-corrected chi connectivity index (χ0v) is 15.5. The topological polar surface area (TPSA) is 51.9 Å². The fourth-order valence-corrected chi connectivity index (χ4v) is 3.62. The lowest BCUT2D eigenvalue weighted by Gasteiger charge is -2.10. The number of hydrogen-bond donors (Lipinski definition) is 1. The Labute approximate surface area is 163 Å². The molecule has 8 heteroatoms. The number of alkyl halides is 3. The van der Waals surface area contributed by atoms with Crippen LogP contribution in [0, 0.1) is 5.92 Å². The number of anilines is 1. The van der Waals surface area contributed by atoms with Crippen molar-refractivity contribution in [3.63, 3.8) is 0 Å². The fraction of sp³-hybridized carbons (Fsp3) is 0.238. The van der Waals surface area contributed by atoms with Crippen LogP contribution in [0.25, 0.3) is 27.6 Å². The zero-order chi connectivity index (χ0) is 20.3. The van der Waals surface area contributed by atoms with Crippen molar-refractivity contribution >= 4 is 33.5 Å². The number of hydrogen-bond acceptors (Lipinski definition) is 2. The number of carbonyl (C=O) groups is 1. The Hall–Kier alpha value is -3.29. The van der Waals surface area contributed by atoms with Gasteiger partial charge in [0.25, 0.3) is 0 Å². The van der Waals surface area contributed by atoms with E-state index in [4.69, 9.17) is 0 Å². The second-order valence-electron chi connectivity index (χ2n) is 7.42. The number of halogens is 3. The van der Waals surface area contributed by atoms with Crippen LogP contribution >= 0.6 is 0 Å². The SMILES string of the molecule is Cn1cc2c3cc(NC(=O)C4CC4)ccc3n(-c3ccc(C(F)(F)F)cc3)c2n1. The smallest absolute Gasteiger partial charge is 0.326 e. The predicted molar refractivity (Wildman–Crippen MR) is 104 cm³/mol. The molecular weight excluding hydrogens is 381 g/mol. The first-order valence-corrected chi connectivity index (χ1v) is 9.27. The highest BCUT2D eigenvalue weighted by Gasteiger charge is 2.31. The van der Waals surface area contributed by atoms with Gasteiger partial charge in [-0.2, -0.15) is 18.3 Å². The Kier molecular flexibility index (Phi) is 3.74. The third kappa shape index (κ3) is 3.04. The molecule has 1 aliphatic rings. The van der Waals surface area contributed by atoms with E-state index in [1.807, 2.05) is 29.0 Å². The van der Waals surface area contributed by atoms with Crippen molar-refractivity contribution < 1.29 is 18.0 Å². The Morgan fingerprint density at radius 1 is 1.10 bits per heavy atom. The minimum atomic E-state index is -4.38. The van der Waals surface area contributed by atoms with Gasteiger partial charge in [0.05, 0.1) is 11.1 Å². The summed E-state index contributed by atoms with van der Waals surface area (Å²) in [4.78, 5) is 12.1. The second kappa shape index (κ2) is 6.10. The normalized spacial score (nSPS) is 14.6. The molecule has 0 atom stereocenters. The number of rotatable bonds is 3. The average molecular weight is 398 g/mol. The van der Waals surface area contributed by atoms with Gasteiger partial charge in [-0.25, -0.2) is 0 Å². The zero-order valence-electron chi connectivity index (χ0n) is 15.5. The van der Waals surface area contributed by atoms with Gasteiger partial charge in [0.2, 0.25) is 5.91 Å². The molecule has 29 heavy (non-hydrogen) atoms. The van der Waals surface area contributed by atoms with Crippen LogP contribution < -0.4 is 5.32 Å². The Morgan fingerprint density at radius 3 is 2.48 bits per heavy atom. The summed E-state index contributed by atoms with van der Waals surface area (Å²) in [6, 6.07) is 10.6. The predicted octanol–water partition coefficient (Wildman–Crippen LogP) is 4.88. The van der Waals surface area contributed by atoms with Crippen LogP contribution in [-0.4, -0.2) is 20.3 Å². The van der Waals surface area contributed by atoms with Gasteiger partial charge in [0.15, 0.2) is 5.65 Å². The Morgan fingerprint density at radius 2 is 1.83 bits per heavy atom. The number of nitrogens with zero attached hydrogens (tertiary/aromatic N) is 3. The number of aromatic nitrogens is 3. The Bertz CT molecular complexity index is 1250. The summed E-state index contributed by atoms with van der Waals surface area (Å²) in [5.41, 5.74) is 2.05. The quantitative estimate of drug-likeness (QED) is 0.535. The maximum atomic E-state index is 12.9. The van der Waals surface area contributed by atoms with Gasteiger partial charge in [0.1, 0.15) is 0 Å². The molecule has 1 N–H and O–H groups in total. The lowest BCUT2D eigenvalue weighted by molar-refractivity contribution is -0.137. The third-order valence-electron chi connectivity index (χ3n) is 5.22. The second-order valence-corrected chi connectivity index (χ2v) is 7.42. The van der Waals surface area contributed by atoms with Gasteiger partial charge < -0.3 is 5.32 Å². The molecule has 0 radical (unpaired) electrons. The number of amides is 1.